The Morgan fingerprint density at radius 3 is 2.90 bits per heavy atom. The third-order valence-electron chi connectivity index (χ3n) is 4.68. The lowest BCUT2D eigenvalue weighted by Gasteiger charge is -2.35. The molecule has 3 rings (SSSR count). The van der Waals surface area contributed by atoms with Crippen molar-refractivity contribution in [1.29, 1.82) is 0 Å². The van der Waals surface area contributed by atoms with Gasteiger partial charge < -0.3 is 10.2 Å². The van der Waals surface area contributed by atoms with Gasteiger partial charge in [-0.05, 0) is 43.7 Å². The van der Waals surface area contributed by atoms with Crippen LogP contribution < -0.4 is 10.2 Å². The summed E-state index contributed by atoms with van der Waals surface area (Å²) < 4.78 is 0. The average Bonchev–Trinajstić information content (AvgIpc) is 3.30. The van der Waals surface area contributed by atoms with Gasteiger partial charge in [0.15, 0.2) is 0 Å². The molecule has 1 unspecified atom stereocenters. The van der Waals surface area contributed by atoms with Crippen LogP contribution in [0.25, 0.3) is 0 Å². The van der Waals surface area contributed by atoms with E-state index >= 15 is 0 Å². The molecule has 1 saturated heterocycles. The van der Waals surface area contributed by atoms with E-state index in [1.165, 1.54) is 56.4 Å². The van der Waals surface area contributed by atoms with E-state index in [1.54, 1.807) is 0 Å². The van der Waals surface area contributed by atoms with E-state index in [0.717, 1.165) is 23.5 Å². The van der Waals surface area contributed by atoms with Crippen molar-refractivity contribution in [3.63, 3.8) is 0 Å². The van der Waals surface area contributed by atoms with Gasteiger partial charge in [0.05, 0.1) is 0 Å². The molecule has 110 valence electrons. The first-order valence-corrected chi connectivity index (χ1v) is 8.41. The maximum Gasteiger partial charge on any atom is 0.0471 e. The molecule has 2 fully saturated rings. The zero-order valence-electron chi connectivity index (χ0n) is 12.4. The van der Waals surface area contributed by atoms with E-state index in [2.05, 4.69) is 29.3 Å². The number of hydrogen-bond donors (Lipinski definition) is 1. The SMILES string of the molecule is CCC1CCCN(c2cccc(Cl)c2CNC2CC2)C1. The lowest BCUT2D eigenvalue weighted by molar-refractivity contribution is 0.404. The third-order valence-corrected chi connectivity index (χ3v) is 5.03. The molecule has 1 aliphatic heterocycles. The number of nitrogens with one attached hydrogen (secondary N) is 1. The summed E-state index contributed by atoms with van der Waals surface area (Å²) in [5.74, 6) is 0.840. The highest BCUT2D eigenvalue weighted by molar-refractivity contribution is 6.31. The Morgan fingerprint density at radius 2 is 2.15 bits per heavy atom. The minimum absolute atomic E-state index is 0.726. The highest BCUT2D eigenvalue weighted by Crippen LogP contribution is 2.32. The lowest BCUT2D eigenvalue weighted by atomic mass is 9.94. The summed E-state index contributed by atoms with van der Waals surface area (Å²) in [6.45, 7) is 5.58. The van der Waals surface area contributed by atoms with Crippen LogP contribution in [0.15, 0.2) is 18.2 Å². The predicted molar refractivity (Wildman–Crippen MR) is 86.5 cm³/mol. The Labute approximate surface area is 127 Å². The van der Waals surface area contributed by atoms with E-state index < -0.39 is 0 Å². The van der Waals surface area contributed by atoms with Crippen molar-refractivity contribution in [2.75, 3.05) is 18.0 Å². The van der Waals surface area contributed by atoms with Crippen molar-refractivity contribution >= 4 is 17.3 Å². The number of anilines is 1. The Kier molecular flexibility index (Phi) is 4.52. The van der Waals surface area contributed by atoms with E-state index in [0.29, 0.717) is 0 Å². The van der Waals surface area contributed by atoms with Crippen LogP contribution in [-0.2, 0) is 6.54 Å². The summed E-state index contributed by atoms with van der Waals surface area (Å²) in [6, 6.07) is 7.08. The van der Waals surface area contributed by atoms with Crippen LogP contribution in [0.1, 0.15) is 44.6 Å². The monoisotopic (exact) mass is 292 g/mol. The van der Waals surface area contributed by atoms with Gasteiger partial charge in [-0.1, -0.05) is 31.0 Å². The highest BCUT2D eigenvalue weighted by Gasteiger charge is 2.24. The van der Waals surface area contributed by atoms with Crippen LogP contribution in [0.5, 0.6) is 0 Å². The van der Waals surface area contributed by atoms with Crippen molar-refractivity contribution in [2.24, 2.45) is 5.92 Å². The predicted octanol–water partition coefficient (Wildman–Crippen LogP) is 4.22. The molecular formula is C17H25ClN2. The van der Waals surface area contributed by atoms with Crippen molar-refractivity contribution in [2.45, 2.75) is 51.6 Å². The first-order chi connectivity index (χ1) is 9.78. The fourth-order valence-electron chi connectivity index (χ4n) is 3.17. The maximum atomic E-state index is 6.46. The van der Waals surface area contributed by atoms with E-state index in [9.17, 15) is 0 Å². The van der Waals surface area contributed by atoms with Gasteiger partial charge >= 0.3 is 0 Å². The number of nitrogens with zero attached hydrogens (tertiary/aromatic N) is 1. The molecular weight excluding hydrogens is 268 g/mol. The Bertz CT molecular complexity index is 456. The molecule has 0 radical (unpaired) electrons. The molecule has 20 heavy (non-hydrogen) atoms. The summed E-state index contributed by atoms with van der Waals surface area (Å²) in [5.41, 5.74) is 2.64. The van der Waals surface area contributed by atoms with E-state index in [-0.39, 0.29) is 0 Å². The smallest absolute Gasteiger partial charge is 0.0471 e. The molecule has 2 aliphatic rings. The van der Waals surface area contributed by atoms with Crippen molar-refractivity contribution < 1.29 is 0 Å². The van der Waals surface area contributed by atoms with Crippen molar-refractivity contribution in [1.82, 2.24) is 5.32 Å². The Morgan fingerprint density at radius 1 is 1.30 bits per heavy atom. The van der Waals surface area contributed by atoms with E-state index in [4.69, 9.17) is 11.6 Å². The zero-order chi connectivity index (χ0) is 13.9. The van der Waals surface area contributed by atoms with Gasteiger partial charge in [-0.15, -0.1) is 0 Å². The summed E-state index contributed by atoms with van der Waals surface area (Å²) >= 11 is 6.46. The minimum Gasteiger partial charge on any atom is -0.371 e. The van der Waals surface area contributed by atoms with Crippen LogP contribution in [0.3, 0.4) is 0 Å². The number of hydrogen-bond acceptors (Lipinski definition) is 2. The first-order valence-electron chi connectivity index (χ1n) is 8.03. The number of benzene rings is 1. The second kappa shape index (κ2) is 6.36. The molecule has 0 amide bonds. The minimum atomic E-state index is 0.726. The van der Waals surface area contributed by atoms with Gasteiger partial charge in [0.2, 0.25) is 0 Å². The molecule has 0 aromatic heterocycles. The quantitative estimate of drug-likeness (QED) is 0.874. The van der Waals surface area contributed by atoms with Crippen molar-refractivity contribution in [3.8, 4) is 0 Å². The topological polar surface area (TPSA) is 15.3 Å². The highest BCUT2D eigenvalue weighted by atomic mass is 35.5. The van der Waals surface area contributed by atoms with Gasteiger partial charge in [-0.2, -0.15) is 0 Å². The number of halogens is 1. The van der Waals surface area contributed by atoms with Crippen LogP contribution >= 0.6 is 11.6 Å². The van der Waals surface area contributed by atoms with Crippen LogP contribution in [0.2, 0.25) is 5.02 Å². The second-order valence-electron chi connectivity index (χ2n) is 6.26. The molecule has 1 N–H and O–H groups in total. The maximum absolute atomic E-state index is 6.46. The fourth-order valence-corrected chi connectivity index (χ4v) is 3.41. The average molecular weight is 293 g/mol. The van der Waals surface area contributed by atoms with Crippen molar-refractivity contribution in [3.05, 3.63) is 28.8 Å². The number of piperidine rings is 1. The number of rotatable bonds is 5. The molecule has 2 nitrogen and oxygen atoms in total. The van der Waals surface area contributed by atoms with E-state index in [1.807, 2.05) is 6.07 Å². The van der Waals surface area contributed by atoms with Crippen LogP contribution in [0.4, 0.5) is 5.69 Å². The standard InChI is InChI=1S/C17H25ClN2/c1-2-13-5-4-10-20(12-13)17-7-3-6-16(18)15(17)11-19-14-8-9-14/h3,6-7,13-14,19H,2,4-5,8-12H2,1H3. The summed E-state index contributed by atoms with van der Waals surface area (Å²) in [7, 11) is 0. The Hall–Kier alpha value is -0.730. The van der Waals surface area contributed by atoms with Crippen LogP contribution in [-0.4, -0.2) is 19.1 Å². The molecule has 1 atom stereocenters. The summed E-state index contributed by atoms with van der Waals surface area (Å²) in [4.78, 5) is 2.55. The fraction of sp³-hybridized carbons (Fsp3) is 0.647. The molecule has 0 spiro atoms. The van der Waals surface area contributed by atoms with Crippen LogP contribution in [0, 0.1) is 5.92 Å². The van der Waals surface area contributed by atoms with Gasteiger partial charge in [0.25, 0.3) is 0 Å². The molecule has 1 aromatic carbocycles. The second-order valence-corrected chi connectivity index (χ2v) is 6.66. The third kappa shape index (κ3) is 3.29. The first kappa shape index (κ1) is 14.2. The summed E-state index contributed by atoms with van der Waals surface area (Å²) in [6.07, 6.45) is 6.61. The largest absolute Gasteiger partial charge is 0.371 e. The van der Waals surface area contributed by atoms with Gasteiger partial charge in [0.1, 0.15) is 0 Å². The van der Waals surface area contributed by atoms with Gasteiger partial charge in [-0.25, -0.2) is 0 Å². The molecule has 1 heterocycles. The lowest BCUT2D eigenvalue weighted by Crippen LogP contribution is -2.36. The van der Waals surface area contributed by atoms with Gasteiger partial charge in [0, 0.05) is 41.9 Å². The Balaban J connectivity index is 1.77. The summed E-state index contributed by atoms with van der Waals surface area (Å²) in [5, 5.41) is 4.52. The zero-order valence-corrected chi connectivity index (χ0v) is 13.1. The van der Waals surface area contributed by atoms with Gasteiger partial charge in [-0.3, -0.25) is 0 Å². The molecule has 1 aromatic rings. The molecule has 3 heteroatoms. The molecule has 0 bridgehead atoms. The molecule has 1 saturated carbocycles. The molecule has 1 aliphatic carbocycles. The normalized spacial score (nSPS) is 23.1.